The summed E-state index contributed by atoms with van der Waals surface area (Å²) in [5.41, 5.74) is -4.72. The third kappa shape index (κ3) is 4.33. The molecule has 0 radical (unpaired) electrons. The lowest BCUT2D eigenvalue weighted by Gasteiger charge is -2.45. The minimum atomic E-state index is -5.98. The lowest BCUT2D eigenvalue weighted by atomic mass is 9.80. The SMILES string of the molecule is CC(=O)N1c2ccnc(OS(=O)(=O)C(F)(F)F)c2C(Nc2nccc(C)n2)[C@@H](C)[C@@H]1C1CC1. The van der Waals surface area contributed by atoms with Gasteiger partial charge in [-0.3, -0.25) is 4.79 Å². The van der Waals surface area contributed by atoms with Crippen LogP contribution in [0.2, 0.25) is 0 Å². The number of hydrogen-bond donors (Lipinski definition) is 1. The van der Waals surface area contributed by atoms with Crippen LogP contribution < -0.4 is 14.4 Å². The zero-order chi connectivity index (χ0) is 24.1. The highest BCUT2D eigenvalue weighted by molar-refractivity contribution is 7.87. The van der Waals surface area contributed by atoms with Crippen LogP contribution in [0.25, 0.3) is 0 Å². The van der Waals surface area contributed by atoms with Gasteiger partial charge in [-0.1, -0.05) is 6.92 Å². The maximum Gasteiger partial charge on any atom is 0.534 e. The summed E-state index contributed by atoms with van der Waals surface area (Å²) in [6, 6.07) is 2.12. The topological polar surface area (TPSA) is 114 Å². The lowest BCUT2D eigenvalue weighted by molar-refractivity contribution is -0.117. The molecule has 4 rings (SSSR count). The van der Waals surface area contributed by atoms with E-state index in [1.54, 1.807) is 13.0 Å². The molecule has 1 amide bonds. The smallest absolute Gasteiger partial charge is 0.355 e. The van der Waals surface area contributed by atoms with Crippen molar-refractivity contribution in [3.8, 4) is 5.88 Å². The molecular formula is C20H22F3N5O4S. The molecule has 2 aromatic heterocycles. The van der Waals surface area contributed by atoms with Crippen molar-refractivity contribution in [1.82, 2.24) is 15.0 Å². The van der Waals surface area contributed by atoms with Crippen molar-refractivity contribution in [2.45, 2.75) is 51.2 Å². The second-order valence-corrected chi connectivity index (χ2v) is 9.79. The Balaban J connectivity index is 1.88. The molecule has 9 nitrogen and oxygen atoms in total. The third-order valence-corrected chi connectivity index (χ3v) is 6.80. The van der Waals surface area contributed by atoms with Gasteiger partial charge in [-0.15, -0.1) is 0 Å². The van der Waals surface area contributed by atoms with Crippen molar-refractivity contribution in [3.63, 3.8) is 0 Å². The number of aryl methyl sites for hydroxylation is 1. The van der Waals surface area contributed by atoms with Gasteiger partial charge >= 0.3 is 15.6 Å². The minimum Gasteiger partial charge on any atom is -0.355 e. The number of aromatic nitrogens is 3. The van der Waals surface area contributed by atoms with Gasteiger partial charge in [-0.05, 0) is 37.8 Å². The Bertz CT molecular complexity index is 1190. The summed E-state index contributed by atoms with van der Waals surface area (Å²) in [6.45, 7) is 4.95. The average Bonchev–Trinajstić information content (AvgIpc) is 3.53. The van der Waals surface area contributed by atoms with E-state index in [9.17, 15) is 26.4 Å². The van der Waals surface area contributed by atoms with Gasteiger partial charge in [0.05, 0.1) is 17.3 Å². The van der Waals surface area contributed by atoms with Crippen molar-refractivity contribution >= 4 is 27.7 Å². The molecular weight excluding hydrogens is 463 g/mol. The largest absolute Gasteiger partial charge is 0.534 e. The van der Waals surface area contributed by atoms with E-state index in [1.165, 1.54) is 24.1 Å². The molecule has 1 unspecified atom stereocenters. The molecule has 3 atom stereocenters. The number of amides is 1. The van der Waals surface area contributed by atoms with Gasteiger partial charge in [0.2, 0.25) is 17.7 Å². The molecule has 2 aliphatic rings. The third-order valence-electron chi connectivity index (χ3n) is 5.86. The number of fused-ring (bicyclic) bond motifs is 1. The number of rotatable bonds is 5. The maximum atomic E-state index is 13.1. The molecule has 1 saturated carbocycles. The lowest BCUT2D eigenvalue weighted by Crippen LogP contribution is -2.51. The highest BCUT2D eigenvalue weighted by atomic mass is 32.2. The number of anilines is 2. The molecule has 1 fully saturated rings. The Morgan fingerprint density at radius 3 is 2.45 bits per heavy atom. The molecule has 0 bridgehead atoms. The van der Waals surface area contributed by atoms with Crippen LogP contribution in [0.1, 0.15) is 44.0 Å². The zero-order valence-electron chi connectivity index (χ0n) is 18.0. The Hall–Kier alpha value is -2.96. The number of carbonyl (C=O) groups excluding carboxylic acids is 1. The summed E-state index contributed by atoms with van der Waals surface area (Å²) >= 11 is 0. The predicted octanol–water partition coefficient (Wildman–Crippen LogP) is 3.34. The molecule has 1 N–H and O–H groups in total. The quantitative estimate of drug-likeness (QED) is 0.507. The molecule has 0 spiro atoms. The number of alkyl halides is 3. The number of nitrogens with zero attached hydrogens (tertiary/aromatic N) is 4. The van der Waals surface area contributed by atoms with Crippen LogP contribution in [0.15, 0.2) is 24.5 Å². The first-order chi connectivity index (χ1) is 15.4. The number of carbonyl (C=O) groups is 1. The number of pyridine rings is 1. The first-order valence-electron chi connectivity index (χ1n) is 10.3. The molecule has 178 valence electrons. The molecule has 1 aliphatic carbocycles. The van der Waals surface area contributed by atoms with Gasteiger partial charge in [0, 0.05) is 37.0 Å². The average molecular weight is 485 g/mol. The fourth-order valence-corrected chi connectivity index (χ4v) is 4.77. The van der Waals surface area contributed by atoms with Crippen LogP contribution in [0.5, 0.6) is 5.88 Å². The summed E-state index contributed by atoms with van der Waals surface area (Å²) in [6.07, 6.45) is 4.45. The van der Waals surface area contributed by atoms with Gasteiger partial charge in [-0.2, -0.15) is 21.6 Å². The summed E-state index contributed by atoms with van der Waals surface area (Å²) in [4.78, 5) is 26.4. The van der Waals surface area contributed by atoms with Crippen LogP contribution in [-0.2, 0) is 14.9 Å². The second-order valence-electron chi connectivity index (χ2n) is 8.25. The predicted molar refractivity (Wildman–Crippen MR) is 112 cm³/mol. The van der Waals surface area contributed by atoms with Gasteiger partial charge in [0.1, 0.15) is 0 Å². The van der Waals surface area contributed by atoms with E-state index in [0.29, 0.717) is 5.69 Å². The highest BCUT2D eigenvalue weighted by Crippen LogP contribution is 2.52. The van der Waals surface area contributed by atoms with Crippen LogP contribution in [0.3, 0.4) is 0 Å². The molecule has 3 heterocycles. The molecule has 2 aromatic rings. The van der Waals surface area contributed by atoms with Gasteiger partial charge in [0.25, 0.3) is 0 Å². The van der Waals surface area contributed by atoms with E-state index in [0.717, 1.165) is 19.0 Å². The van der Waals surface area contributed by atoms with E-state index in [1.807, 2.05) is 6.92 Å². The molecule has 1 aliphatic heterocycles. The summed E-state index contributed by atoms with van der Waals surface area (Å²) in [7, 11) is -5.98. The van der Waals surface area contributed by atoms with Crippen LogP contribution in [-0.4, -0.2) is 40.8 Å². The summed E-state index contributed by atoms with van der Waals surface area (Å²) in [5, 5.41) is 3.11. The fourth-order valence-electron chi connectivity index (χ4n) is 4.34. The molecule has 0 saturated heterocycles. The monoisotopic (exact) mass is 485 g/mol. The Morgan fingerprint density at radius 1 is 1.21 bits per heavy atom. The number of halogens is 3. The van der Waals surface area contributed by atoms with Crippen LogP contribution in [0, 0.1) is 18.8 Å². The number of nitrogens with one attached hydrogen (secondary N) is 1. The summed E-state index contributed by atoms with van der Waals surface area (Å²) < 4.78 is 67.2. The maximum absolute atomic E-state index is 13.1. The van der Waals surface area contributed by atoms with Crippen molar-refractivity contribution in [2.24, 2.45) is 11.8 Å². The Kier molecular flexibility index (Phi) is 5.71. The van der Waals surface area contributed by atoms with Crippen molar-refractivity contribution in [3.05, 3.63) is 35.8 Å². The highest BCUT2D eigenvalue weighted by Gasteiger charge is 2.52. The summed E-state index contributed by atoms with van der Waals surface area (Å²) in [5.74, 6) is -1.00. The standard InChI is InChI=1S/C20H22F3N5O4S/c1-10-6-8-25-19(26-10)27-16-11(2)17(13-4-5-13)28(12(3)29)14-7-9-24-18(15(14)16)32-33(30,31)20(21,22)23/h6-9,11,13,16-17H,4-5H2,1-3H3,(H,25,26,27)/t11-,16?,17-/m1/s1. The Labute approximate surface area is 188 Å². The number of hydrogen-bond acceptors (Lipinski definition) is 8. The Morgan fingerprint density at radius 2 is 1.88 bits per heavy atom. The molecule has 33 heavy (non-hydrogen) atoms. The fraction of sp³-hybridized carbons (Fsp3) is 0.500. The first-order valence-corrected chi connectivity index (χ1v) is 11.7. The van der Waals surface area contributed by atoms with Crippen molar-refractivity contribution in [1.29, 1.82) is 0 Å². The van der Waals surface area contributed by atoms with Gasteiger partial charge in [-0.25, -0.2) is 15.0 Å². The van der Waals surface area contributed by atoms with Crippen LogP contribution in [0.4, 0.5) is 24.8 Å². The molecule has 0 aromatic carbocycles. The normalized spacial score (nSPS) is 23.1. The van der Waals surface area contributed by atoms with E-state index in [-0.39, 0.29) is 41.0 Å². The van der Waals surface area contributed by atoms with E-state index in [2.05, 4.69) is 24.5 Å². The van der Waals surface area contributed by atoms with Crippen molar-refractivity contribution in [2.75, 3.05) is 10.2 Å². The van der Waals surface area contributed by atoms with Gasteiger partial charge in [0.15, 0.2) is 0 Å². The minimum absolute atomic E-state index is 0.0232. The molecule has 13 heteroatoms. The zero-order valence-corrected chi connectivity index (χ0v) is 18.8. The second kappa shape index (κ2) is 8.12. The van der Waals surface area contributed by atoms with E-state index in [4.69, 9.17) is 0 Å². The van der Waals surface area contributed by atoms with Crippen LogP contribution >= 0.6 is 0 Å². The first kappa shape index (κ1) is 23.2. The van der Waals surface area contributed by atoms with E-state index >= 15 is 0 Å². The van der Waals surface area contributed by atoms with Gasteiger partial charge < -0.3 is 14.4 Å². The van der Waals surface area contributed by atoms with E-state index < -0.39 is 27.5 Å². The van der Waals surface area contributed by atoms with Crippen molar-refractivity contribution < 1.29 is 30.6 Å².